The predicted molar refractivity (Wildman–Crippen MR) is 314 cm³/mol. The molecular formula is C68H83BrN2. The van der Waals surface area contributed by atoms with Gasteiger partial charge < -0.3 is 10.6 Å². The minimum atomic E-state index is -0.0272. The fourth-order valence-electron chi connectivity index (χ4n) is 11.0. The molecule has 2 nitrogen and oxygen atoms in total. The van der Waals surface area contributed by atoms with E-state index in [4.69, 9.17) is 5.73 Å². The Morgan fingerprint density at radius 2 is 0.775 bits per heavy atom. The number of nitrogens with two attached hydrogens (primary N) is 1. The maximum Gasteiger partial charge on any atom is 0.0465 e. The third-order valence-corrected chi connectivity index (χ3v) is 15.6. The molecular weight excluding hydrogens is 925 g/mol. The number of benzene rings is 7. The molecule has 0 bridgehead atoms. The van der Waals surface area contributed by atoms with Crippen LogP contribution < -0.4 is 10.6 Å². The molecule has 0 radical (unpaired) electrons. The third-order valence-electron chi connectivity index (χ3n) is 15.1. The zero-order chi connectivity index (χ0) is 50.5. The zero-order valence-electron chi connectivity index (χ0n) is 44.9. The molecule has 9 rings (SSSR count). The smallest absolute Gasteiger partial charge is 0.0465 e. The molecule has 2 aliphatic carbocycles. The first kappa shape index (κ1) is 53.4. The van der Waals surface area contributed by atoms with Gasteiger partial charge in [0, 0.05) is 38.1 Å². The van der Waals surface area contributed by atoms with Crippen LogP contribution in [-0.2, 0) is 30.1 Å². The number of fused-ring (bicyclic) bond motifs is 6. The van der Waals surface area contributed by atoms with Gasteiger partial charge in [0.25, 0.3) is 0 Å². The van der Waals surface area contributed by atoms with Crippen molar-refractivity contribution in [3.8, 4) is 22.3 Å². The molecule has 3 heteroatoms. The minimum absolute atomic E-state index is 0.0272. The van der Waals surface area contributed by atoms with Crippen molar-refractivity contribution < 1.29 is 0 Å². The van der Waals surface area contributed by atoms with Crippen molar-refractivity contribution >= 4 is 38.7 Å². The van der Waals surface area contributed by atoms with Crippen LogP contribution in [0.25, 0.3) is 22.3 Å². The molecule has 372 valence electrons. The molecule has 0 aromatic heterocycles. The molecule has 0 amide bonds. The molecule has 2 aliphatic rings. The maximum atomic E-state index is 5.92. The third kappa shape index (κ3) is 13.2. The van der Waals surface area contributed by atoms with E-state index in [0.29, 0.717) is 0 Å². The van der Waals surface area contributed by atoms with Crippen LogP contribution in [-0.4, -0.2) is 0 Å². The average molecular weight is 1010 g/mol. The van der Waals surface area contributed by atoms with Crippen molar-refractivity contribution in [2.75, 3.05) is 10.6 Å². The molecule has 0 saturated heterocycles. The normalized spacial score (nSPS) is 13.2. The quantitative estimate of drug-likeness (QED) is 0.0686. The van der Waals surface area contributed by atoms with Crippen LogP contribution in [0.3, 0.4) is 0 Å². The van der Waals surface area contributed by atoms with Crippen molar-refractivity contribution in [3.05, 3.63) is 200 Å². The second kappa shape index (κ2) is 24.8. The van der Waals surface area contributed by atoms with Crippen LogP contribution >= 0.6 is 15.9 Å². The van der Waals surface area contributed by atoms with Crippen molar-refractivity contribution in [1.82, 2.24) is 0 Å². The standard InChI is InChI=1S/C40H49N.C16H17N.C12H17Br/c1-6-8-10-12-16-31-18-14-20-33(27-31)41(34-21-15-19-32(28-34)17-13-11-9-7-2)35-23-25-37-36-24-22-30(3)26-38(36)40(4,5)39(37)29-35;1-10-4-6-12-13-7-5-11(17)9-15(13)16(2,3)14(12)8-10;1-2-3-4-5-7-11-8-6-9-12(13)10-11/h14-15,18-29H,6-13,16-17H2,1-5H3;4-9H,17H2,1-3H3;6,8-10H,2-5,7H2,1H3. The first-order valence-electron chi connectivity index (χ1n) is 27.2. The van der Waals surface area contributed by atoms with Crippen LogP contribution in [0.5, 0.6) is 0 Å². The van der Waals surface area contributed by atoms with E-state index in [0.717, 1.165) is 18.5 Å². The summed E-state index contributed by atoms with van der Waals surface area (Å²) in [5.41, 5.74) is 28.6. The van der Waals surface area contributed by atoms with E-state index in [1.165, 1.54) is 177 Å². The molecule has 2 N–H and O–H groups in total. The van der Waals surface area contributed by atoms with E-state index < -0.39 is 0 Å². The van der Waals surface area contributed by atoms with Crippen LogP contribution in [0, 0.1) is 13.8 Å². The van der Waals surface area contributed by atoms with Gasteiger partial charge in [0.2, 0.25) is 0 Å². The lowest BCUT2D eigenvalue weighted by Crippen LogP contribution is -2.17. The Morgan fingerprint density at radius 1 is 0.394 bits per heavy atom. The highest BCUT2D eigenvalue weighted by molar-refractivity contribution is 9.10. The number of anilines is 4. The number of rotatable bonds is 18. The summed E-state index contributed by atoms with van der Waals surface area (Å²) < 4.78 is 1.19. The van der Waals surface area contributed by atoms with Crippen molar-refractivity contribution in [1.29, 1.82) is 0 Å². The summed E-state index contributed by atoms with van der Waals surface area (Å²) in [5, 5.41) is 0. The Morgan fingerprint density at radius 3 is 1.23 bits per heavy atom. The highest BCUT2D eigenvalue weighted by Gasteiger charge is 2.37. The molecule has 0 spiro atoms. The van der Waals surface area contributed by atoms with Crippen LogP contribution in [0.1, 0.15) is 176 Å². The summed E-state index contributed by atoms with van der Waals surface area (Å²) in [5.74, 6) is 0. The summed E-state index contributed by atoms with van der Waals surface area (Å²) >= 11 is 3.48. The van der Waals surface area contributed by atoms with Crippen LogP contribution in [0.2, 0.25) is 0 Å². The van der Waals surface area contributed by atoms with Gasteiger partial charge in [0.05, 0.1) is 0 Å². The molecule has 0 atom stereocenters. The zero-order valence-corrected chi connectivity index (χ0v) is 46.5. The number of nitrogen functional groups attached to an aromatic ring is 1. The highest BCUT2D eigenvalue weighted by atomic mass is 79.9. The van der Waals surface area contributed by atoms with Gasteiger partial charge in [0.15, 0.2) is 0 Å². The molecule has 0 fully saturated rings. The number of nitrogens with zero attached hydrogens (tertiary/aromatic N) is 1. The summed E-state index contributed by atoms with van der Waals surface area (Å²) in [6.07, 6.45) is 19.2. The van der Waals surface area contributed by atoms with Gasteiger partial charge in [-0.3, -0.25) is 0 Å². The largest absolute Gasteiger partial charge is 0.399 e. The number of unbranched alkanes of at least 4 members (excludes halogenated alkanes) is 9. The fourth-order valence-corrected chi connectivity index (χ4v) is 11.4. The SMILES string of the molecule is CCCCCCc1cccc(Br)c1.CCCCCCc1cccc(N(c2cccc(CCCCCC)c2)c2ccc3c(c2)C(C)(C)c2cc(C)ccc2-3)c1.Cc1ccc2c(c1)C(C)(C)c1cc(N)ccc1-2. The Kier molecular flexibility index (Phi) is 18.7. The van der Waals surface area contributed by atoms with Gasteiger partial charge in [-0.05, 0) is 174 Å². The van der Waals surface area contributed by atoms with Gasteiger partial charge in [-0.15, -0.1) is 0 Å². The lowest BCUT2D eigenvalue weighted by Gasteiger charge is -2.29. The second-order valence-electron chi connectivity index (χ2n) is 21.6. The fraction of sp³-hybridized carbons (Fsp3) is 0.382. The van der Waals surface area contributed by atoms with Gasteiger partial charge >= 0.3 is 0 Å². The number of halogens is 1. The van der Waals surface area contributed by atoms with E-state index in [-0.39, 0.29) is 10.8 Å². The van der Waals surface area contributed by atoms with Crippen LogP contribution in [0.15, 0.2) is 150 Å². The molecule has 0 unspecified atom stereocenters. The minimum Gasteiger partial charge on any atom is -0.399 e. The average Bonchev–Trinajstić information content (AvgIpc) is 3.71. The topological polar surface area (TPSA) is 29.3 Å². The van der Waals surface area contributed by atoms with Crippen molar-refractivity contribution in [2.24, 2.45) is 0 Å². The van der Waals surface area contributed by atoms with Crippen molar-refractivity contribution in [2.45, 2.75) is 169 Å². The Balaban J connectivity index is 0.000000200. The predicted octanol–water partition coefficient (Wildman–Crippen LogP) is 20.5. The number of hydrogen-bond donors (Lipinski definition) is 1. The maximum absolute atomic E-state index is 5.92. The molecule has 71 heavy (non-hydrogen) atoms. The van der Waals surface area contributed by atoms with Gasteiger partial charge in [0.1, 0.15) is 0 Å². The number of hydrogen-bond acceptors (Lipinski definition) is 2. The second-order valence-corrected chi connectivity index (χ2v) is 22.5. The van der Waals surface area contributed by atoms with Crippen LogP contribution in [0.4, 0.5) is 22.7 Å². The van der Waals surface area contributed by atoms with Gasteiger partial charge in [-0.25, -0.2) is 0 Å². The molecule has 0 heterocycles. The monoisotopic (exact) mass is 1010 g/mol. The van der Waals surface area contributed by atoms with E-state index in [9.17, 15) is 0 Å². The first-order valence-corrected chi connectivity index (χ1v) is 28.0. The lowest BCUT2D eigenvalue weighted by molar-refractivity contribution is 0.659. The highest BCUT2D eigenvalue weighted by Crippen LogP contribution is 2.52. The lowest BCUT2D eigenvalue weighted by atomic mass is 9.82. The van der Waals surface area contributed by atoms with Gasteiger partial charge in [-0.2, -0.15) is 0 Å². The number of aryl methyl sites for hydroxylation is 5. The van der Waals surface area contributed by atoms with Gasteiger partial charge in [-0.1, -0.05) is 218 Å². The van der Waals surface area contributed by atoms with E-state index in [2.05, 4.69) is 223 Å². The Hall–Kier alpha value is -5.38. The molecule has 0 aliphatic heterocycles. The Labute approximate surface area is 438 Å². The van der Waals surface area contributed by atoms with Crippen molar-refractivity contribution in [3.63, 3.8) is 0 Å². The first-order chi connectivity index (χ1) is 34.2. The summed E-state index contributed by atoms with van der Waals surface area (Å²) in [6.45, 7) is 20.5. The summed E-state index contributed by atoms with van der Waals surface area (Å²) in [4.78, 5) is 2.50. The Bertz CT molecular complexity index is 2740. The summed E-state index contributed by atoms with van der Waals surface area (Å²) in [6, 6.07) is 54.3. The molecule has 7 aromatic carbocycles. The molecule has 7 aromatic rings. The van der Waals surface area contributed by atoms with E-state index in [1.54, 1.807) is 0 Å². The summed E-state index contributed by atoms with van der Waals surface area (Å²) in [7, 11) is 0. The van der Waals surface area contributed by atoms with E-state index in [1.807, 2.05) is 6.07 Å². The van der Waals surface area contributed by atoms with E-state index >= 15 is 0 Å². The molecule has 0 saturated carbocycles.